The second kappa shape index (κ2) is 6.47. The van der Waals surface area contributed by atoms with Crippen molar-refractivity contribution in [2.45, 2.75) is 51.4 Å². The van der Waals surface area contributed by atoms with Crippen LogP contribution in [0.2, 0.25) is 0 Å². The molecule has 0 atom stereocenters. The quantitative estimate of drug-likeness (QED) is 0.555. The van der Waals surface area contributed by atoms with Crippen LogP contribution in [0.4, 0.5) is 0 Å². The number of unbranched alkanes of at least 4 members (excludes halogenated alkanes) is 1. The van der Waals surface area contributed by atoms with Gasteiger partial charge in [-0.3, -0.25) is 0 Å². The van der Waals surface area contributed by atoms with Gasteiger partial charge in [0.25, 0.3) is 0 Å². The molecule has 1 aliphatic rings. The monoisotopic (exact) mass is 168 g/mol. The van der Waals surface area contributed by atoms with Gasteiger partial charge >= 0.3 is 0 Å². The molecule has 0 aliphatic heterocycles. The van der Waals surface area contributed by atoms with Crippen LogP contribution >= 0.6 is 0 Å². The summed E-state index contributed by atoms with van der Waals surface area (Å²) in [5.74, 6) is 1.07. The van der Waals surface area contributed by atoms with Gasteiger partial charge in [-0.25, -0.2) is 0 Å². The summed E-state index contributed by atoms with van der Waals surface area (Å²) in [6.45, 7) is 1.08. The minimum absolute atomic E-state index is 1.07. The van der Waals surface area contributed by atoms with Gasteiger partial charge in [0.1, 0.15) is 0 Å². The maximum atomic E-state index is 4.12. The number of nitrogens with zero attached hydrogens (tertiary/aromatic N) is 1. The smallest absolute Gasteiger partial charge is 0.0414 e. The fraction of sp³-hybridized carbons (Fsp3) is 1.00. The second-order valence-electron chi connectivity index (χ2n) is 4.04. The van der Waals surface area contributed by atoms with Crippen LogP contribution in [0.15, 0.2) is 0 Å². The van der Waals surface area contributed by atoms with Crippen molar-refractivity contribution in [1.82, 2.24) is 0 Å². The van der Waals surface area contributed by atoms with Crippen molar-refractivity contribution < 1.29 is 0 Å². The Kier molecular flexibility index (Phi) is 5.42. The van der Waals surface area contributed by atoms with Gasteiger partial charge in [-0.15, -0.1) is 6.54 Å². The molecule has 1 heteroatoms. The van der Waals surface area contributed by atoms with Crippen LogP contribution in [0, 0.1) is 5.92 Å². The lowest BCUT2D eigenvalue weighted by Gasteiger charge is -2.21. The van der Waals surface area contributed by atoms with E-state index in [-0.39, 0.29) is 0 Å². The van der Waals surface area contributed by atoms with E-state index in [1.165, 1.54) is 51.4 Å². The Labute approximate surface area is 76.9 Å². The highest BCUT2D eigenvalue weighted by molar-refractivity contribution is 4.70. The van der Waals surface area contributed by atoms with Crippen molar-refractivity contribution in [2.24, 2.45) is 5.92 Å². The van der Waals surface area contributed by atoms with Gasteiger partial charge in [-0.1, -0.05) is 51.4 Å². The van der Waals surface area contributed by atoms with E-state index in [4.69, 9.17) is 0 Å². The maximum Gasteiger partial charge on any atom is -0.0414 e. The Morgan fingerprint density at radius 2 is 1.83 bits per heavy atom. The molecule has 1 nitrogen and oxygen atoms in total. The van der Waals surface area contributed by atoms with Gasteiger partial charge in [0.05, 0.1) is 0 Å². The highest BCUT2D eigenvalue weighted by Crippen LogP contribution is 2.27. The first-order valence-corrected chi connectivity index (χ1v) is 5.49. The van der Waals surface area contributed by atoms with E-state index in [2.05, 4.69) is 5.32 Å². The fourth-order valence-corrected chi connectivity index (χ4v) is 2.18. The minimum atomic E-state index is 1.07. The SMILES string of the molecule is C[N-]CCCCC1CCCCC1. The molecule has 1 fully saturated rings. The molecule has 0 bridgehead atoms. The van der Waals surface area contributed by atoms with Gasteiger partial charge < -0.3 is 5.32 Å². The third kappa shape index (κ3) is 4.10. The largest absolute Gasteiger partial charge is 0.665 e. The molecule has 0 aromatic rings. The zero-order valence-corrected chi connectivity index (χ0v) is 8.39. The molecule has 0 aromatic carbocycles. The third-order valence-corrected chi connectivity index (χ3v) is 2.97. The van der Waals surface area contributed by atoms with Crippen molar-refractivity contribution in [2.75, 3.05) is 13.6 Å². The number of rotatable bonds is 5. The average Bonchev–Trinajstić information content (AvgIpc) is 2.14. The Morgan fingerprint density at radius 1 is 1.08 bits per heavy atom. The summed E-state index contributed by atoms with van der Waals surface area (Å²) in [6, 6.07) is 0. The number of hydrogen-bond acceptors (Lipinski definition) is 0. The molecular weight excluding hydrogens is 146 g/mol. The summed E-state index contributed by atoms with van der Waals surface area (Å²) in [4.78, 5) is 0. The Balaban J connectivity index is 1.91. The van der Waals surface area contributed by atoms with Gasteiger partial charge in [-0.05, 0) is 5.92 Å². The van der Waals surface area contributed by atoms with E-state index in [1.807, 2.05) is 7.05 Å². The van der Waals surface area contributed by atoms with Gasteiger partial charge in [-0.2, -0.15) is 7.05 Å². The zero-order chi connectivity index (χ0) is 8.65. The van der Waals surface area contributed by atoms with Crippen LogP contribution in [0.3, 0.4) is 0 Å². The third-order valence-electron chi connectivity index (χ3n) is 2.97. The summed E-state index contributed by atoms with van der Waals surface area (Å²) in [5.41, 5.74) is 0. The standard InChI is InChI=1S/C11H22N/c1-12-10-6-5-9-11-7-3-2-4-8-11/h11H,2-10H2,1H3/q-1. The number of hydrogen-bond donors (Lipinski definition) is 0. The van der Waals surface area contributed by atoms with Crippen molar-refractivity contribution >= 4 is 0 Å². The van der Waals surface area contributed by atoms with Crippen LogP contribution in [-0.2, 0) is 0 Å². The molecule has 0 spiro atoms. The summed E-state index contributed by atoms with van der Waals surface area (Å²) in [6.07, 6.45) is 11.7. The van der Waals surface area contributed by atoms with E-state index in [0.29, 0.717) is 0 Å². The van der Waals surface area contributed by atoms with E-state index in [9.17, 15) is 0 Å². The predicted molar refractivity (Wildman–Crippen MR) is 54.6 cm³/mol. The van der Waals surface area contributed by atoms with Gasteiger partial charge in [0, 0.05) is 0 Å². The minimum Gasteiger partial charge on any atom is -0.665 e. The molecule has 0 aromatic heterocycles. The van der Waals surface area contributed by atoms with Gasteiger partial charge in [0.15, 0.2) is 0 Å². The molecule has 1 aliphatic carbocycles. The van der Waals surface area contributed by atoms with Crippen molar-refractivity contribution in [3.63, 3.8) is 0 Å². The molecule has 72 valence electrons. The fourth-order valence-electron chi connectivity index (χ4n) is 2.18. The van der Waals surface area contributed by atoms with Crippen LogP contribution in [-0.4, -0.2) is 13.6 Å². The topological polar surface area (TPSA) is 14.1 Å². The molecule has 0 saturated heterocycles. The Morgan fingerprint density at radius 3 is 2.50 bits per heavy atom. The Hall–Kier alpha value is -0.0400. The van der Waals surface area contributed by atoms with E-state index in [0.717, 1.165) is 12.5 Å². The molecule has 1 saturated carbocycles. The van der Waals surface area contributed by atoms with Crippen molar-refractivity contribution in [1.29, 1.82) is 0 Å². The lowest BCUT2D eigenvalue weighted by molar-refractivity contribution is 0.331. The highest BCUT2D eigenvalue weighted by atomic mass is 14.8. The molecular formula is C11H22N-. The molecule has 0 amide bonds. The van der Waals surface area contributed by atoms with Gasteiger partial charge in [0.2, 0.25) is 0 Å². The van der Waals surface area contributed by atoms with E-state index >= 15 is 0 Å². The zero-order valence-electron chi connectivity index (χ0n) is 8.39. The lowest BCUT2D eigenvalue weighted by Crippen LogP contribution is -2.05. The van der Waals surface area contributed by atoms with Crippen LogP contribution in [0.1, 0.15) is 51.4 Å². The van der Waals surface area contributed by atoms with Crippen molar-refractivity contribution in [3.05, 3.63) is 5.32 Å². The lowest BCUT2D eigenvalue weighted by atomic mass is 9.86. The maximum absolute atomic E-state index is 4.12. The molecule has 12 heavy (non-hydrogen) atoms. The van der Waals surface area contributed by atoms with E-state index < -0.39 is 0 Å². The molecule has 0 unspecified atom stereocenters. The summed E-state index contributed by atoms with van der Waals surface area (Å²) >= 11 is 0. The first-order valence-electron chi connectivity index (χ1n) is 5.49. The van der Waals surface area contributed by atoms with Crippen LogP contribution in [0.25, 0.3) is 5.32 Å². The summed E-state index contributed by atoms with van der Waals surface area (Å²) in [5, 5.41) is 4.12. The molecule has 0 radical (unpaired) electrons. The Bertz CT molecular complexity index is 95.2. The summed E-state index contributed by atoms with van der Waals surface area (Å²) < 4.78 is 0. The molecule has 1 rings (SSSR count). The average molecular weight is 168 g/mol. The van der Waals surface area contributed by atoms with Crippen LogP contribution in [0.5, 0.6) is 0 Å². The summed E-state index contributed by atoms with van der Waals surface area (Å²) in [7, 11) is 1.92. The second-order valence-corrected chi connectivity index (χ2v) is 4.04. The molecule has 0 N–H and O–H groups in total. The predicted octanol–water partition coefficient (Wildman–Crippen LogP) is 3.74. The highest BCUT2D eigenvalue weighted by Gasteiger charge is 2.11. The van der Waals surface area contributed by atoms with Crippen LogP contribution < -0.4 is 0 Å². The normalized spacial score (nSPS) is 19.8. The molecule has 0 heterocycles. The first-order chi connectivity index (χ1) is 5.93. The first kappa shape index (κ1) is 10.0. The van der Waals surface area contributed by atoms with E-state index in [1.54, 1.807) is 0 Å². The van der Waals surface area contributed by atoms with Crippen molar-refractivity contribution in [3.8, 4) is 0 Å².